The van der Waals surface area contributed by atoms with Crippen LogP contribution in [0.25, 0.3) is 10.2 Å². The second-order valence-electron chi connectivity index (χ2n) is 5.38. The SMILES string of the molecule is NC(=O)N1CCC(NCCc2nc3ccccc3s2)CC1. The maximum absolute atomic E-state index is 11.1. The Labute approximate surface area is 128 Å². The van der Waals surface area contributed by atoms with Crippen molar-refractivity contribution in [3.8, 4) is 0 Å². The third kappa shape index (κ3) is 3.51. The highest BCUT2D eigenvalue weighted by atomic mass is 32.1. The molecule has 1 saturated heterocycles. The van der Waals surface area contributed by atoms with E-state index in [9.17, 15) is 4.79 Å². The fourth-order valence-electron chi connectivity index (χ4n) is 2.71. The summed E-state index contributed by atoms with van der Waals surface area (Å²) in [6.45, 7) is 2.45. The zero-order valence-corrected chi connectivity index (χ0v) is 12.7. The number of rotatable bonds is 4. The number of hydrogen-bond acceptors (Lipinski definition) is 4. The van der Waals surface area contributed by atoms with E-state index in [1.54, 1.807) is 16.2 Å². The van der Waals surface area contributed by atoms with Gasteiger partial charge in [-0.25, -0.2) is 9.78 Å². The van der Waals surface area contributed by atoms with Gasteiger partial charge in [0.15, 0.2) is 0 Å². The van der Waals surface area contributed by atoms with Crippen molar-refractivity contribution in [1.82, 2.24) is 15.2 Å². The molecule has 0 spiro atoms. The Morgan fingerprint density at radius 1 is 1.38 bits per heavy atom. The predicted molar refractivity (Wildman–Crippen MR) is 85.5 cm³/mol. The molecule has 3 N–H and O–H groups in total. The smallest absolute Gasteiger partial charge is 0.314 e. The van der Waals surface area contributed by atoms with E-state index in [0.29, 0.717) is 6.04 Å². The van der Waals surface area contributed by atoms with Crippen LogP contribution in [0.4, 0.5) is 4.79 Å². The quantitative estimate of drug-likeness (QED) is 0.907. The van der Waals surface area contributed by atoms with Crippen molar-refractivity contribution in [1.29, 1.82) is 0 Å². The van der Waals surface area contributed by atoms with Gasteiger partial charge in [0.25, 0.3) is 0 Å². The molecule has 1 aromatic heterocycles. The second-order valence-corrected chi connectivity index (χ2v) is 6.49. The van der Waals surface area contributed by atoms with Crippen LogP contribution in [0, 0.1) is 0 Å². The highest BCUT2D eigenvalue weighted by Crippen LogP contribution is 2.21. The van der Waals surface area contributed by atoms with Crippen molar-refractivity contribution in [2.24, 2.45) is 5.73 Å². The number of nitrogens with two attached hydrogens (primary N) is 1. The summed E-state index contributed by atoms with van der Waals surface area (Å²) in [6, 6.07) is 8.43. The molecule has 0 unspecified atom stereocenters. The molecule has 21 heavy (non-hydrogen) atoms. The lowest BCUT2D eigenvalue weighted by atomic mass is 10.1. The van der Waals surface area contributed by atoms with Crippen LogP contribution in [0.15, 0.2) is 24.3 Å². The lowest BCUT2D eigenvalue weighted by Gasteiger charge is -2.31. The molecule has 5 nitrogen and oxygen atoms in total. The van der Waals surface area contributed by atoms with E-state index in [0.717, 1.165) is 44.4 Å². The van der Waals surface area contributed by atoms with Gasteiger partial charge in [0, 0.05) is 32.1 Å². The fraction of sp³-hybridized carbons (Fsp3) is 0.467. The maximum Gasteiger partial charge on any atom is 0.314 e. The molecular weight excluding hydrogens is 284 g/mol. The Balaban J connectivity index is 1.45. The van der Waals surface area contributed by atoms with Gasteiger partial charge in [-0.15, -0.1) is 11.3 Å². The molecule has 0 atom stereocenters. The first-order valence-corrected chi connectivity index (χ1v) is 8.16. The molecule has 0 radical (unpaired) electrons. The molecule has 1 fully saturated rings. The number of hydrogen-bond donors (Lipinski definition) is 2. The number of benzene rings is 1. The van der Waals surface area contributed by atoms with Gasteiger partial charge in [-0.3, -0.25) is 0 Å². The number of likely N-dealkylation sites (tertiary alicyclic amines) is 1. The minimum atomic E-state index is -0.303. The monoisotopic (exact) mass is 304 g/mol. The van der Waals surface area contributed by atoms with Gasteiger partial charge >= 0.3 is 6.03 Å². The van der Waals surface area contributed by atoms with E-state index in [4.69, 9.17) is 5.73 Å². The molecule has 2 aromatic rings. The molecule has 2 heterocycles. The number of primary amides is 1. The van der Waals surface area contributed by atoms with Gasteiger partial charge in [0.05, 0.1) is 15.2 Å². The van der Waals surface area contributed by atoms with Gasteiger partial charge in [-0.05, 0) is 25.0 Å². The third-order valence-corrected chi connectivity index (χ3v) is 5.01. The van der Waals surface area contributed by atoms with Gasteiger partial charge in [0.1, 0.15) is 0 Å². The van der Waals surface area contributed by atoms with Crippen LogP contribution in [-0.4, -0.2) is 41.6 Å². The average Bonchev–Trinajstić information content (AvgIpc) is 2.90. The second kappa shape index (κ2) is 6.41. The molecule has 1 aliphatic heterocycles. The minimum absolute atomic E-state index is 0.303. The van der Waals surface area contributed by atoms with Crippen LogP contribution in [0.3, 0.4) is 0 Å². The number of nitrogens with one attached hydrogen (secondary N) is 1. The highest BCUT2D eigenvalue weighted by Gasteiger charge is 2.20. The van der Waals surface area contributed by atoms with Crippen LogP contribution in [0.1, 0.15) is 17.8 Å². The molecule has 3 rings (SSSR count). The van der Waals surface area contributed by atoms with Crippen molar-refractivity contribution in [2.75, 3.05) is 19.6 Å². The number of thiazole rings is 1. The lowest BCUT2D eigenvalue weighted by Crippen LogP contribution is -2.47. The van der Waals surface area contributed by atoms with Crippen LogP contribution < -0.4 is 11.1 Å². The summed E-state index contributed by atoms with van der Waals surface area (Å²) in [4.78, 5) is 17.4. The molecule has 2 amide bonds. The van der Waals surface area contributed by atoms with Crippen LogP contribution in [0.2, 0.25) is 0 Å². The summed E-state index contributed by atoms with van der Waals surface area (Å²) >= 11 is 1.77. The van der Waals surface area contributed by atoms with Crippen LogP contribution in [0.5, 0.6) is 0 Å². The first kappa shape index (κ1) is 14.3. The maximum atomic E-state index is 11.1. The predicted octanol–water partition coefficient (Wildman–Crippen LogP) is 1.97. The molecule has 1 aliphatic rings. The summed E-state index contributed by atoms with van der Waals surface area (Å²) in [5, 5.41) is 4.74. The first-order valence-electron chi connectivity index (χ1n) is 7.34. The molecule has 6 heteroatoms. The average molecular weight is 304 g/mol. The summed E-state index contributed by atoms with van der Waals surface area (Å²) in [6.07, 6.45) is 2.90. The normalized spacial score (nSPS) is 16.5. The van der Waals surface area contributed by atoms with Gasteiger partial charge < -0.3 is 16.0 Å². The summed E-state index contributed by atoms with van der Waals surface area (Å²) in [7, 11) is 0. The van der Waals surface area contributed by atoms with Crippen LogP contribution >= 0.6 is 11.3 Å². The van der Waals surface area contributed by atoms with Crippen molar-refractivity contribution in [3.05, 3.63) is 29.3 Å². The summed E-state index contributed by atoms with van der Waals surface area (Å²) in [5.41, 5.74) is 6.38. The Hall–Kier alpha value is -1.66. The number of piperidine rings is 1. The van der Waals surface area contributed by atoms with E-state index < -0.39 is 0 Å². The van der Waals surface area contributed by atoms with Gasteiger partial charge in [0.2, 0.25) is 0 Å². The van der Waals surface area contributed by atoms with E-state index >= 15 is 0 Å². The zero-order valence-electron chi connectivity index (χ0n) is 11.9. The minimum Gasteiger partial charge on any atom is -0.351 e. The molecule has 112 valence electrons. The molecule has 0 aliphatic carbocycles. The number of amides is 2. The molecule has 1 aromatic carbocycles. The standard InChI is InChI=1S/C15H20N4OS/c16-15(20)19-9-6-11(7-10-19)17-8-5-14-18-12-3-1-2-4-13(12)21-14/h1-4,11,17H,5-10H2,(H2,16,20). The molecule has 0 saturated carbocycles. The van der Waals surface area contributed by atoms with Crippen molar-refractivity contribution in [3.63, 3.8) is 0 Å². The van der Waals surface area contributed by atoms with E-state index in [1.807, 2.05) is 6.07 Å². The van der Waals surface area contributed by atoms with Crippen molar-refractivity contribution >= 4 is 27.6 Å². The largest absolute Gasteiger partial charge is 0.351 e. The van der Waals surface area contributed by atoms with Crippen molar-refractivity contribution in [2.45, 2.75) is 25.3 Å². The summed E-state index contributed by atoms with van der Waals surface area (Å²) < 4.78 is 1.25. The Kier molecular flexibility index (Phi) is 4.36. The number of carbonyl (C=O) groups excluding carboxylic acids is 1. The lowest BCUT2D eigenvalue weighted by molar-refractivity contribution is 0.185. The van der Waals surface area contributed by atoms with E-state index in [-0.39, 0.29) is 6.03 Å². The molecule has 0 bridgehead atoms. The Morgan fingerprint density at radius 2 is 2.14 bits per heavy atom. The van der Waals surface area contributed by atoms with Crippen LogP contribution in [-0.2, 0) is 6.42 Å². The third-order valence-electron chi connectivity index (χ3n) is 3.92. The number of aromatic nitrogens is 1. The topological polar surface area (TPSA) is 71.2 Å². The zero-order chi connectivity index (χ0) is 14.7. The number of urea groups is 1. The summed E-state index contributed by atoms with van der Waals surface area (Å²) in [5.74, 6) is 0. The van der Waals surface area contributed by atoms with Crippen molar-refractivity contribution < 1.29 is 4.79 Å². The molecular formula is C15H20N4OS. The first-order chi connectivity index (χ1) is 10.2. The van der Waals surface area contributed by atoms with E-state index in [1.165, 1.54) is 9.71 Å². The Morgan fingerprint density at radius 3 is 2.86 bits per heavy atom. The van der Waals surface area contributed by atoms with Gasteiger partial charge in [-0.2, -0.15) is 0 Å². The van der Waals surface area contributed by atoms with E-state index in [2.05, 4.69) is 28.5 Å². The Bertz CT molecular complexity index is 586. The number of carbonyl (C=O) groups is 1. The number of fused-ring (bicyclic) bond motifs is 1. The highest BCUT2D eigenvalue weighted by molar-refractivity contribution is 7.18. The fourth-order valence-corrected chi connectivity index (χ4v) is 3.68. The number of nitrogens with zero attached hydrogens (tertiary/aromatic N) is 2. The number of para-hydroxylation sites is 1. The van der Waals surface area contributed by atoms with Gasteiger partial charge in [-0.1, -0.05) is 12.1 Å².